The lowest BCUT2D eigenvalue weighted by Gasteiger charge is -2.36. The average molecular weight is 515 g/mol. The number of halogens is 3. The molecule has 0 bridgehead atoms. The molecule has 5 nitrogen and oxygen atoms in total. The van der Waals surface area contributed by atoms with E-state index in [1.807, 2.05) is 41.3 Å². The number of methoxy groups -OCH3 is 1. The third kappa shape index (κ3) is 6.81. The second-order valence-electron chi connectivity index (χ2n) is 8.76. The third-order valence-electron chi connectivity index (χ3n) is 6.40. The fraction of sp³-hybridized carbons (Fsp3) is 0.321. The van der Waals surface area contributed by atoms with Gasteiger partial charge in [-0.15, -0.1) is 0 Å². The molecule has 1 heterocycles. The highest BCUT2D eigenvalue weighted by Crippen LogP contribution is 2.25. The molecule has 0 N–H and O–H groups in total. The van der Waals surface area contributed by atoms with Gasteiger partial charge in [-0.2, -0.15) is 0 Å². The van der Waals surface area contributed by atoms with Crippen LogP contribution >= 0.6 is 11.6 Å². The SMILES string of the molecule is COc1ccc(CC(=O)N2CCN(C[C@H](OCc3c(F)cccc3F)c3ccc(Cl)cc3)CC2)cc1. The topological polar surface area (TPSA) is 42.0 Å². The number of amides is 1. The zero-order valence-corrected chi connectivity index (χ0v) is 20.9. The van der Waals surface area contributed by atoms with Gasteiger partial charge in [0.2, 0.25) is 5.91 Å². The van der Waals surface area contributed by atoms with Crippen LogP contribution in [0.1, 0.15) is 22.8 Å². The lowest BCUT2D eigenvalue weighted by Crippen LogP contribution is -2.50. The molecule has 4 rings (SSSR count). The molecule has 3 aromatic rings. The fourth-order valence-corrected chi connectivity index (χ4v) is 4.36. The molecule has 36 heavy (non-hydrogen) atoms. The van der Waals surface area contributed by atoms with Crippen LogP contribution in [0.4, 0.5) is 8.78 Å². The maximum atomic E-state index is 14.1. The highest BCUT2D eigenvalue weighted by molar-refractivity contribution is 6.30. The first-order valence-corrected chi connectivity index (χ1v) is 12.2. The second kappa shape index (κ2) is 12.3. The van der Waals surface area contributed by atoms with Crippen LogP contribution < -0.4 is 4.74 Å². The molecule has 1 aliphatic heterocycles. The summed E-state index contributed by atoms with van der Waals surface area (Å²) in [6.07, 6.45) is -0.0721. The average Bonchev–Trinajstić information content (AvgIpc) is 2.89. The molecule has 1 atom stereocenters. The summed E-state index contributed by atoms with van der Waals surface area (Å²) in [6, 6.07) is 18.6. The largest absolute Gasteiger partial charge is 0.497 e. The fourth-order valence-electron chi connectivity index (χ4n) is 4.23. The molecule has 190 valence electrons. The van der Waals surface area contributed by atoms with Crippen LogP contribution in [-0.2, 0) is 22.6 Å². The molecule has 0 saturated carbocycles. The van der Waals surface area contributed by atoms with Crippen LogP contribution in [0, 0.1) is 11.6 Å². The van der Waals surface area contributed by atoms with Gasteiger partial charge in [-0.05, 0) is 47.5 Å². The van der Waals surface area contributed by atoms with Gasteiger partial charge in [-0.25, -0.2) is 8.78 Å². The molecule has 1 amide bonds. The molecule has 0 unspecified atom stereocenters. The number of carbonyl (C=O) groups is 1. The molecule has 1 aliphatic rings. The zero-order chi connectivity index (χ0) is 25.5. The predicted octanol–water partition coefficient (Wildman–Crippen LogP) is 5.27. The first-order valence-electron chi connectivity index (χ1n) is 11.9. The number of carbonyl (C=O) groups excluding carboxylic acids is 1. The number of benzene rings is 3. The van der Waals surface area contributed by atoms with E-state index in [2.05, 4.69) is 4.90 Å². The van der Waals surface area contributed by atoms with Crippen molar-refractivity contribution >= 4 is 17.5 Å². The predicted molar refractivity (Wildman–Crippen MR) is 135 cm³/mol. The van der Waals surface area contributed by atoms with Gasteiger partial charge in [0.15, 0.2) is 0 Å². The van der Waals surface area contributed by atoms with Crippen molar-refractivity contribution in [3.8, 4) is 5.75 Å². The summed E-state index contributed by atoms with van der Waals surface area (Å²) in [4.78, 5) is 16.9. The number of rotatable bonds is 9. The zero-order valence-electron chi connectivity index (χ0n) is 20.1. The van der Waals surface area contributed by atoms with Crippen molar-refractivity contribution in [1.29, 1.82) is 0 Å². The van der Waals surface area contributed by atoms with Crippen LogP contribution in [0.15, 0.2) is 66.7 Å². The highest BCUT2D eigenvalue weighted by atomic mass is 35.5. The first kappa shape index (κ1) is 26.1. The minimum absolute atomic E-state index is 0.0837. The minimum Gasteiger partial charge on any atom is -0.497 e. The van der Waals surface area contributed by atoms with Crippen molar-refractivity contribution in [2.75, 3.05) is 39.8 Å². The van der Waals surface area contributed by atoms with Crippen LogP contribution in [0.25, 0.3) is 0 Å². The highest BCUT2D eigenvalue weighted by Gasteiger charge is 2.25. The standard InChI is InChI=1S/C28H29ClF2N2O3/c1-35-23-11-5-20(6-12-23)17-28(34)33-15-13-32(14-16-33)18-27(21-7-9-22(29)10-8-21)36-19-24-25(30)3-2-4-26(24)31/h2-12,27H,13-19H2,1H3/t27-/m0/s1. The molecule has 1 saturated heterocycles. The summed E-state index contributed by atoms with van der Waals surface area (Å²) in [5.41, 5.74) is 1.72. The Morgan fingerprint density at radius 3 is 2.19 bits per heavy atom. The Bertz CT molecular complexity index is 1130. The second-order valence-corrected chi connectivity index (χ2v) is 9.19. The molecule has 3 aromatic carbocycles. The molecule has 1 fully saturated rings. The van der Waals surface area contributed by atoms with Crippen LogP contribution in [-0.4, -0.2) is 55.5 Å². The van der Waals surface area contributed by atoms with E-state index in [1.165, 1.54) is 18.2 Å². The van der Waals surface area contributed by atoms with Gasteiger partial charge in [0.25, 0.3) is 0 Å². The molecular formula is C28H29ClF2N2O3. The third-order valence-corrected chi connectivity index (χ3v) is 6.65. The first-order chi connectivity index (χ1) is 17.4. The summed E-state index contributed by atoms with van der Waals surface area (Å²) in [5.74, 6) is -0.418. The quantitative estimate of drug-likeness (QED) is 0.390. The Morgan fingerprint density at radius 2 is 1.58 bits per heavy atom. The van der Waals surface area contributed by atoms with E-state index in [-0.39, 0.29) is 18.1 Å². The number of piperazine rings is 1. The number of nitrogens with zero attached hydrogens (tertiary/aromatic N) is 2. The number of hydrogen-bond acceptors (Lipinski definition) is 4. The Kier molecular flexibility index (Phi) is 8.91. The van der Waals surface area contributed by atoms with Gasteiger partial charge in [-0.3, -0.25) is 9.69 Å². The van der Waals surface area contributed by atoms with Gasteiger partial charge in [0.05, 0.1) is 26.2 Å². The summed E-state index contributed by atoms with van der Waals surface area (Å²) < 4.78 is 39.5. The van der Waals surface area contributed by atoms with Crippen LogP contribution in [0.2, 0.25) is 5.02 Å². The van der Waals surface area contributed by atoms with Crippen molar-refractivity contribution in [3.63, 3.8) is 0 Å². The molecule has 0 radical (unpaired) electrons. The van der Waals surface area contributed by atoms with E-state index in [1.54, 1.807) is 19.2 Å². The van der Waals surface area contributed by atoms with E-state index >= 15 is 0 Å². The molecule has 8 heteroatoms. The molecular weight excluding hydrogens is 486 g/mol. The Hall–Kier alpha value is -3.00. The molecule has 0 spiro atoms. The molecule has 0 aromatic heterocycles. The summed E-state index contributed by atoms with van der Waals surface area (Å²) in [7, 11) is 1.61. The Morgan fingerprint density at radius 1 is 0.944 bits per heavy atom. The summed E-state index contributed by atoms with van der Waals surface area (Å²) in [6.45, 7) is 2.89. The lowest BCUT2D eigenvalue weighted by molar-refractivity contribution is -0.132. The number of hydrogen-bond donors (Lipinski definition) is 0. The van der Waals surface area contributed by atoms with E-state index < -0.39 is 17.7 Å². The van der Waals surface area contributed by atoms with Crippen molar-refractivity contribution < 1.29 is 23.0 Å². The van der Waals surface area contributed by atoms with E-state index in [4.69, 9.17) is 21.1 Å². The van der Waals surface area contributed by atoms with E-state index in [0.29, 0.717) is 44.2 Å². The van der Waals surface area contributed by atoms with Gasteiger partial charge in [0.1, 0.15) is 17.4 Å². The number of ether oxygens (including phenoxy) is 2. The maximum Gasteiger partial charge on any atom is 0.227 e. The summed E-state index contributed by atoms with van der Waals surface area (Å²) in [5, 5.41) is 0.599. The maximum absolute atomic E-state index is 14.1. The van der Waals surface area contributed by atoms with Gasteiger partial charge in [0, 0.05) is 43.3 Å². The van der Waals surface area contributed by atoms with E-state index in [9.17, 15) is 13.6 Å². The van der Waals surface area contributed by atoms with Gasteiger partial charge in [-0.1, -0.05) is 41.9 Å². The van der Waals surface area contributed by atoms with Crippen LogP contribution in [0.5, 0.6) is 5.75 Å². The van der Waals surface area contributed by atoms with Crippen molar-refractivity contribution in [1.82, 2.24) is 9.80 Å². The lowest BCUT2D eigenvalue weighted by atomic mass is 10.1. The Labute approximate surface area is 215 Å². The normalized spacial score (nSPS) is 15.1. The van der Waals surface area contributed by atoms with Gasteiger partial charge < -0.3 is 14.4 Å². The minimum atomic E-state index is -0.631. The Balaban J connectivity index is 1.36. The monoisotopic (exact) mass is 514 g/mol. The van der Waals surface area contributed by atoms with Crippen LogP contribution in [0.3, 0.4) is 0 Å². The van der Waals surface area contributed by atoms with Crippen molar-refractivity contribution in [2.45, 2.75) is 19.1 Å². The van der Waals surface area contributed by atoms with Crippen molar-refractivity contribution in [3.05, 3.63) is 100 Å². The van der Waals surface area contributed by atoms with Crippen molar-refractivity contribution in [2.24, 2.45) is 0 Å². The molecule has 0 aliphatic carbocycles. The summed E-state index contributed by atoms with van der Waals surface area (Å²) >= 11 is 6.05. The van der Waals surface area contributed by atoms with E-state index in [0.717, 1.165) is 16.9 Å². The smallest absolute Gasteiger partial charge is 0.227 e. The van der Waals surface area contributed by atoms with Gasteiger partial charge >= 0.3 is 0 Å².